The van der Waals surface area contributed by atoms with Crippen LogP contribution in [0.3, 0.4) is 0 Å². The summed E-state index contributed by atoms with van der Waals surface area (Å²) in [6, 6.07) is 20.1. The fourth-order valence-electron chi connectivity index (χ4n) is 5.01. The molecule has 0 spiro atoms. The Labute approximate surface area is 227 Å². The van der Waals surface area contributed by atoms with E-state index in [4.69, 9.17) is 0 Å². The van der Waals surface area contributed by atoms with E-state index in [0.29, 0.717) is 61.6 Å². The van der Waals surface area contributed by atoms with Crippen LogP contribution in [-0.4, -0.2) is 79.9 Å². The van der Waals surface area contributed by atoms with E-state index < -0.39 is 5.82 Å². The van der Waals surface area contributed by atoms with Crippen LogP contribution in [0.2, 0.25) is 0 Å². The number of carbonyl (C=O) groups is 3. The minimum atomic E-state index is -0.440. The summed E-state index contributed by atoms with van der Waals surface area (Å²) in [7, 11) is 0. The molecule has 2 aliphatic rings. The maximum Gasteiger partial charge on any atom is 0.255 e. The van der Waals surface area contributed by atoms with E-state index in [2.05, 4.69) is 15.5 Å². The number of hydrogen-bond donors (Lipinski definition) is 2. The average molecular weight is 530 g/mol. The van der Waals surface area contributed by atoms with Gasteiger partial charge in [0, 0.05) is 62.5 Å². The van der Waals surface area contributed by atoms with Gasteiger partial charge in [-0.1, -0.05) is 24.3 Å². The monoisotopic (exact) mass is 529 g/mol. The number of halogens is 1. The van der Waals surface area contributed by atoms with Crippen molar-refractivity contribution in [2.75, 3.05) is 62.6 Å². The normalized spacial score (nSPS) is 16.0. The lowest BCUT2D eigenvalue weighted by molar-refractivity contribution is 0.0743. The predicted molar refractivity (Wildman–Crippen MR) is 149 cm³/mol. The lowest BCUT2D eigenvalue weighted by Gasteiger charge is -2.37. The fraction of sp³-hybridized carbons (Fsp3) is 0.300. The minimum absolute atomic E-state index is 0.0639. The Bertz CT molecular complexity index is 1330. The maximum absolute atomic E-state index is 13.6. The number of rotatable bonds is 5. The van der Waals surface area contributed by atoms with Crippen LogP contribution in [-0.2, 0) is 0 Å². The molecule has 202 valence electrons. The van der Waals surface area contributed by atoms with Crippen molar-refractivity contribution in [1.29, 1.82) is 0 Å². The van der Waals surface area contributed by atoms with Crippen molar-refractivity contribution in [3.8, 4) is 0 Å². The molecule has 0 aliphatic carbocycles. The van der Waals surface area contributed by atoms with Gasteiger partial charge < -0.3 is 25.3 Å². The molecule has 2 aliphatic heterocycles. The van der Waals surface area contributed by atoms with Crippen molar-refractivity contribution in [2.24, 2.45) is 0 Å². The smallest absolute Gasteiger partial charge is 0.255 e. The highest BCUT2D eigenvalue weighted by Gasteiger charge is 2.26. The minimum Gasteiger partial charge on any atom is -0.366 e. The molecule has 9 heteroatoms. The predicted octanol–water partition coefficient (Wildman–Crippen LogP) is 3.48. The molecule has 3 aromatic carbocycles. The average Bonchev–Trinajstić information content (AvgIpc) is 3.27. The van der Waals surface area contributed by atoms with Crippen LogP contribution >= 0.6 is 0 Å². The van der Waals surface area contributed by atoms with E-state index in [1.807, 2.05) is 17.0 Å². The number of amides is 3. The molecule has 0 bridgehead atoms. The van der Waals surface area contributed by atoms with Crippen molar-refractivity contribution in [2.45, 2.75) is 6.42 Å². The Morgan fingerprint density at radius 2 is 1.38 bits per heavy atom. The SMILES string of the molecule is O=C(Nc1cc(C(=O)N2CCCNCC2)ccc1N1CCN(C(=O)c2cccc(F)c2)CC1)c1ccccc1. The van der Waals surface area contributed by atoms with Gasteiger partial charge in [0.05, 0.1) is 11.4 Å². The van der Waals surface area contributed by atoms with Crippen LogP contribution in [0, 0.1) is 5.82 Å². The standard InChI is InChI=1S/C30H32FN5O3/c31-25-9-4-8-23(20-25)29(38)36-18-16-34(17-19-36)27-11-10-24(30(39)35-14-5-12-32-13-15-35)21-26(27)33-28(37)22-6-2-1-3-7-22/h1-4,6-11,20-21,32H,5,12-19H2,(H,33,37). The van der Waals surface area contributed by atoms with Gasteiger partial charge in [0.2, 0.25) is 0 Å². The summed E-state index contributed by atoms with van der Waals surface area (Å²) in [6.45, 7) is 4.90. The summed E-state index contributed by atoms with van der Waals surface area (Å²) in [5, 5.41) is 6.33. The molecule has 2 heterocycles. The van der Waals surface area contributed by atoms with Gasteiger partial charge >= 0.3 is 0 Å². The zero-order valence-corrected chi connectivity index (χ0v) is 21.7. The Kier molecular flexibility index (Phi) is 8.17. The highest BCUT2D eigenvalue weighted by molar-refractivity contribution is 6.07. The highest BCUT2D eigenvalue weighted by Crippen LogP contribution is 2.30. The number of piperazine rings is 1. The number of anilines is 2. The fourth-order valence-corrected chi connectivity index (χ4v) is 5.01. The lowest BCUT2D eigenvalue weighted by atomic mass is 10.1. The van der Waals surface area contributed by atoms with E-state index in [1.165, 1.54) is 18.2 Å². The second-order valence-corrected chi connectivity index (χ2v) is 9.74. The van der Waals surface area contributed by atoms with Crippen molar-refractivity contribution in [1.82, 2.24) is 15.1 Å². The van der Waals surface area contributed by atoms with E-state index in [9.17, 15) is 18.8 Å². The zero-order chi connectivity index (χ0) is 27.2. The van der Waals surface area contributed by atoms with Crippen LogP contribution in [0.4, 0.5) is 15.8 Å². The Morgan fingerprint density at radius 1 is 0.692 bits per heavy atom. The van der Waals surface area contributed by atoms with Crippen molar-refractivity contribution in [3.05, 3.63) is 95.3 Å². The van der Waals surface area contributed by atoms with E-state index in [0.717, 1.165) is 25.2 Å². The molecule has 2 saturated heterocycles. The third kappa shape index (κ3) is 6.26. The number of carbonyl (C=O) groups excluding carboxylic acids is 3. The summed E-state index contributed by atoms with van der Waals surface area (Å²) in [6.07, 6.45) is 0.889. The van der Waals surface area contributed by atoms with Gasteiger partial charge in [-0.15, -0.1) is 0 Å². The van der Waals surface area contributed by atoms with Crippen LogP contribution in [0.1, 0.15) is 37.5 Å². The Morgan fingerprint density at radius 3 is 2.13 bits per heavy atom. The highest BCUT2D eigenvalue weighted by atomic mass is 19.1. The molecule has 5 rings (SSSR count). The molecular formula is C30H32FN5O3. The quantitative estimate of drug-likeness (QED) is 0.529. The first-order valence-corrected chi connectivity index (χ1v) is 13.3. The summed E-state index contributed by atoms with van der Waals surface area (Å²) in [4.78, 5) is 45.0. The van der Waals surface area contributed by atoms with Crippen molar-refractivity contribution >= 4 is 29.1 Å². The van der Waals surface area contributed by atoms with Crippen LogP contribution in [0.5, 0.6) is 0 Å². The van der Waals surface area contributed by atoms with Crippen LogP contribution in [0.15, 0.2) is 72.8 Å². The van der Waals surface area contributed by atoms with Crippen molar-refractivity contribution in [3.63, 3.8) is 0 Å². The molecule has 0 saturated carbocycles. The number of nitrogens with one attached hydrogen (secondary N) is 2. The molecule has 0 atom stereocenters. The molecule has 0 unspecified atom stereocenters. The largest absolute Gasteiger partial charge is 0.366 e. The van der Waals surface area contributed by atoms with Gasteiger partial charge in [0.25, 0.3) is 17.7 Å². The summed E-state index contributed by atoms with van der Waals surface area (Å²) in [5.41, 5.74) is 2.69. The van der Waals surface area contributed by atoms with E-state index in [1.54, 1.807) is 47.4 Å². The summed E-state index contributed by atoms with van der Waals surface area (Å²) < 4.78 is 13.6. The topological polar surface area (TPSA) is 85.0 Å². The van der Waals surface area contributed by atoms with Gasteiger partial charge in [0.1, 0.15) is 5.82 Å². The van der Waals surface area contributed by atoms with Crippen LogP contribution < -0.4 is 15.5 Å². The number of benzene rings is 3. The molecule has 0 radical (unpaired) electrons. The first kappa shape index (κ1) is 26.4. The zero-order valence-electron chi connectivity index (χ0n) is 21.7. The van der Waals surface area contributed by atoms with Gasteiger partial charge in [-0.05, 0) is 61.5 Å². The van der Waals surface area contributed by atoms with Gasteiger partial charge in [-0.3, -0.25) is 14.4 Å². The molecule has 3 amide bonds. The number of nitrogens with zero attached hydrogens (tertiary/aromatic N) is 3. The molecule has 8 nitrogen and oxygen atoms in total. The third-order valence-electron chi connectivity index (χ3n) is 7.13. The second-order valence-electron chi connectivity index (χ2n) is 9.74. The second kappa shape index (κ2) is 12.1. The van der Waals surface area contributed by atoms with Gasteiger partial charge in [0.15, 0.2) is 0 Å². The van der Waals surface area contributed by atoms with Gasteiger partial charge in [-0.25, -0.2) is 4.39 Å². The molecule has 2 N–H and O–H groups in total. The number of hydrogen-bond acceptors (Lipinski definition) is 5. The van der Waals surface area contributed by atoms with Gasteiger partial charge in [-0.2, -0.15) is 0 Å². The van der Waals surface area contributed by atoms with Crippen molar-refractivity contribution < 1.29 is 18.8 Å². The van der Waals surface area contributed by atoms with E-state index in [-0.39, 0.29) is 17.7 Å². The Balaban J connectivity index is 1.36. The lowest BCUT2D eigenvalue weighted by Crippen LogP contribution is -2.49. The summed E-state index contributed by atoms with van der Waals surface area (Å²) in [5.74, 6) is -0.977. The third-order valence-corrected chi connectivity index (χ3v) is 7.13. The molecule has 2 fully saturated rings. The molecular weight excluding hydrogens is 497 g/mol. The van der Waals surface area contributed by atoms with Crippen LogP contribution in [0.25, 0.3) is 0 Å². The maximum atomic E-state index is 13.6. The summed E-state index contributed by atoms with van der Waals surface area (Å²) >= 11 is 0. The molecule has 0 aromatic heterocycles. The molecule has 39 heavy (non-hydrogen) atoms. The first-order chi connectivity index (χ1) is 19.0. The first-order valence-electron chi connectivity index (χ1n) is 13.3. The van der Waals surface area contributed by atoms with E-state index >= 15 is 0 Å². The Hall–Kier alpha value is -4.24. The molecule has 3 aromatic rings.